The maximum atomic E-state index is 12.1. The Morgan fingerprint density at radius 2 is 2.15 bits per heavy atom. The van der Waals surface area contributed by atoms with Crippen LogP contribution in [0.25, 0.3) is 16.9 Å². The number of rotatable bonds is 2. The van der Waals surface area contributed by atoms with Gasteiger partial charge in [0.1, 0.15) is 0 Å². The molecule has 0 saturated heterocycles. The highest BCUT2D eigenvalue weighted by molar-refractivity contribution is 5.88. The zero-order chi connectivity index (χ0) is 14.3. The minimum absolute atomic E-state index is 0.187. The molecule has 0 radical (unpaired) electrons. The summed E-state index contributed by atoms with van der Waals surface area (Å²) < 4.78 is 1.44. The number of aromatic nitrogens is 3. The highest BCUT2D eigenvalue weighted by Crippen LogP contribution is 2.18. The average molecular weight is 269 g/mol. The molecular formula is C14H11N3O3. The van der Waals surface area contributed by atoms with E-state index in [-0.39, 0.29) is 11.3 Å². The van der Waals surface area contributed by atoms with Gasteiger partial charge in [0.2, 0.25) is 0 Å². The number of H-pyrrole nitrogens is 1. The minimum atomic E-state index is -0.996. The van der Waals surface area contributed by atoms with E-state index in [1.54, 1.807) is 31.3 Å². The number of carboxylic acid groups (broad SMARTS) is 1. The number of aromatic carboxylic acids is 1. The quantitative estimate of drug-likeness (QED) is 0.741. The number of hydrogen-bond acceptors (Lipinski definition) is 3. The summed E-state index contributed by atoms with van der Waals surface area (Å²) in [6.07, 6.45) is 1.60. The monoisotopic (exact) mass is 269 g/mol. The molecule has 3 rings (SSSR count). The van der Waals surface area contributed by atoms with Gasteiger partial charge in [-0.1, -0.05) is 0 Å². The second-order valence-corrected chi connectivity index (χ2v) is 4.45. The van der Waals surface area contributed by atoms with E-state index in [9.17, 15) is 9.59 Å². The Labute approximate surface area is 113 Å². The molecule has 6 nitrogen and oxygen atoms in total. The number of imidazole rings is 1. The summed E-state index contributed by atoms with van der Waals surface area (Å²) >= 11 is 0. The van der Waals surface area contributed by atoms with Crippen molar-refractivity contribution in [1.29, 1.82) is 0 Å². The van der Waals surface area contributed by atoms with Crippen LogP contribution in [0.1, 0.15) is 15.9 Å². The fourth-order valence-electron chi connectivity index (χ4n) is 2.20. The Kier molecular flexibility index (Phi) is 2.64. The Balaban J connectivity index is 2.29. The first-order valence-corrected chi connectivity index (χ1v) is 5.98. The topological polar surface area (TPSA) is 88.0 Å². The lowest BCUT2D eigenvalue weighted by Gasteiger charge is -2.07. The zero-order valence-electron chi connectivity index (χ0n) is 10.6. The largest absolute Gasteiger partial charge is 0.478 e. The molecule has 0 fully saturated rings. The molecule has 0 saturated carbocycles. The van der Waals surface area contributed by atoms with Crippen LogP contribution in [0.4, 0.5) is 0 Å². The van der Waals surface area contributed by atoms with E-state index in [1.807, 2.05) is 0 Å². The van der Waals surface area contributed by atoms with Gasteiger partial charge in [0.05, 0.1) is 16.8 Å². The third-order valence-electron chi connectivity index (χ3n) is 3.13. The van der Waals surface area contributed by atoms with Gasteiger partial charge in [-0.3, -0.25) is 0 Å². The fourth-order valence-corrected chi connectivity index (χ4v) is 2.20. The van der Waals surface area contributed by atoms with E-state index in [0.29, 0.717) is 22.4 Å². The zero-order valence-corrected chi connectivity index (χ0v) is 10.6. The van der Waals surface area contributed by atoms with Crippen LogP contribution in [0, 0.1) is 6.92 Å². The second-order valence-electron chi connectivity index (χ2n) is 4.45. The van der Waals surface area contributed by atoms with Crippen molar-refractivity contribution >= 4 is 17.1 Å². The molecule has 3 aromatic rings. The van der Waals surface area contributed by atoms with Crippen LogP contribution in [0.3, 0.4) is 0 Å². The molecule has 0 unspecified atom stereocenters. The number of carbonyl (C=O) groups is 1. The molecule has 2 N–H and O–H groups in total. The van der Waals surface area contributed by atoms with Gasteiger partial charge in [-0.05, 0) is 42.8 Å². The van der Waals surface area contributed by atoms with Gasteiger partial charge in [-0.15, -0.1) is 0 Å². The van der Waals surface area contributed by atoms with Crippen LogP contribution in [-0.2, 0) is 0 Å². The van der Waals surface area contributed by atoms with Crippen LogP contribution in [-0.4, -0.2) is 25.6 Å². The van der Waals surface area contributed by atoms with Crippen LogP contribution in [0.5, 0.6) is 0 Å². The van der Waals surface area contributed by atoms with Crippen LogP contribution < -0.4 is 5.69 Å². The third kappa shape index (κ3) is 1.78. The van der Waals surface area contributed by atoms with Crippen LogP contribution >= 0.6 is 0 Å². The van der Waals surface area contributed by atoms with E-state index in [4.69, 9.17) is 5.11 Å². The molecule has 20 heavy (non-hydrogen) atoms. The van der Waals surface area contributed by atoms with Crippen LogP contribution in [0.2, 0.25) is 0 Å². The van der Waals surface area contributed by atoms with Crippen molar-refractivity contribution in [2.24, 2.45) is 0 Å². The van der Waals surface area contributed by atoms with Crippen molar-refractivity contribution in [3.8, 4) is 5.69 Å². The molecule has 0 aliphatic rings. The summed E-state index contributed by atoms with van der Waals surface area (Å²) in [4.78, 5) is 29.9. The van der Waals surface area contributed by atoms with Crippen molar-refractivity contribution in [3.63, 3.8) is 0 Å². The lowest BCUT2D eigenvalue weighted by Crippen LogP contribution is -2.16. The lowest BCUT2D eigenvalue weighted by molar-refractivity contribution is 0.0697. The smallest absolute Gasteiger partial charge is 0.335 e. The van der Waals surface area contributed by atoms with Crippen molar-refractivity contribution in [2.45, 2.75) is 6.92 Å². The Morgan fingerprint density at radius 1 is 1.35 bits per heavy atom. The molecule has 0 spiro atoms. The first kappa shape index (κ1) is 12.2. The standard InChI is InChI=1S/C14H11N3O3/c1-8-7-9(13(18)19)4-5-11(8)17-12-10(16-14(17)20)3-2-6-15-12/h2-7H,1H3,(H,16,20)(H,18,19). The fraction of sp³-hybridized carbons (Fsp3) is 0.0714. The summed E-state index contributed by atoms with van der Waals surface area (Å²) in [5, 5.41) is 8.97. The molecule has 0 aliphatic heterocycles. The third-order valence-corrected chi connectivity index (χ3v) is 3.13. The Bertz CT molecular complexity index is 877. The number of nitrogens with zero attached hydrogens (tertiary/aromatic N) is 2. The molecule has 0 bridgehead atoms. The Morgan fingerprint density at radius 3 is 2.85 bits per heavy atom. The maximum absolute atomic E-state index is 12.1. The summed E-state index contributed by atoms with van der Waals surface area (Å²) in [6.45, 7) is 1.76. The predicted octanol–water partition coefficient (Wildman–Crippen LogP) is 1.72. The normalized spacial score (nSPS) is 10.8. The van der Waals surface area contributed by atoms with E-state index in [2.05, 4.69) is 9.97 Å². The number of aryl methyl sites for hydroxylation is 1. The van der Waals surface area contributed by atoms with Crippen molar-refractivity contribution in [3.05, 3.63) is 58.1 Å². The highest BCUT2D eigenvalue weighted by Gasteiger charge is 2.13. The molecular weight excluding hydrogens is 258 g/mol. The van der Waals surface area contributed by atoms with Gasteiger partial charge in [-0.25, -0.2) is 19.1 Å². The summed E-state index contributed by atoms with van der Waals surface area (Å²) in [7, 11) is 0. The number of benzene rings is 1. The van der Waals surface area contributed by atoms with Gasteiger partial charge < -0.3 is 10.1 Å². The SMILES string of the molecule is Cc1cc(C(=O)O)ccc1-n1c(=O)[nH]c2cccnc21. The number of hydrogen-bond donors (Lipinski definition) is 2. The number of nitrogens with one attached hydrogen (secondary N) is 1. The van der Waals surface area contributed by atoms with Crippen molar-refractivity contribution in [2.75, 3.05) is 0 Å². The molecule has 6 heteroatoms. The lowest BCUT2D eigenvalue weighted by atomic mass is 10.1. The minimum Gasteiger partial charge on any atom is -0.478 e. The molecule has 1 aromatic carbocycles. The van der Waals surface area contributed by atoms with E-state index < -0.39 is 5.97 Å². The van der Waals surface area contributed by atoms with E-state index >= 15 is 0 Å². The van der Waals surface area contributed by atoms with Gasteiger partial charge in [-0.2, -0.15) is 0 Å². The van der Waals surface area contributed by atoms with Crippen molar-refractivity contribution in [1.82, 2.24) is 14.5 Å². The molecule has 2 heterocycles. The molecule has 0 aliphatic carbocycles. The molecule has 100 valence electrons. The first-order valence-electron chi connectivity index (χ1n) is 5.98. The summed E-state index contributed by atoms with van der Waals surface area (Å²) in [5.74, 6) is -0.996. The van der Waals surface area contributed by atoms with Gasteiger partial charge in [0.15, 0.2) is 5.65 Å². The predicted molar refractivity (Wildman–Crippen MR) is 73.4 cm³/mol. The number of pyridine rings is 1. The number of carboxylic acids is 1. The maximum Gasteiger partial charge on any atom is 0.335 e. The highest BCUT2D eigenvalue weighted by atomic mass is 16.4. The van der Waals surface area contributed by atoms with Gasteiger partial charge >= 0.3 is 11.7 Å². The molecule has 0 amide bonds. The second kappa shape index (κ2) is 4.34. The first-order chi connectivity index (χ1) is 9.58. The van der Waals surface area contributed by atoms with E-state index in [1.165, 1.54) is 16.7 Å². The molecule has 2 aromatic heterocycles. The van der Waals surface area contributed by atoms with Gasteiger partial charge in [0, 0.05) is 6.20 Å². The average Bonchev–Trinajstić information content (AvgIpc) is 2.74. The summed E-state index contributed by atoms with van der Waals surface area (Å²) in [5.41, 5.74) is 2.35. The number of aromatic amines is 1. The number of fused-ring (bicyclic) bond motifs is 1. The molecule has 0 atom stereocenters. The van der Waals surface area contributed by atoms with Crippen LogP contribution in [0.15, 0.2) is 41.3 Å². The van der Waals surface area contributed by atoms with Crippen molar-refractivity contribution < 1.29 is 9.90 Å². The van der Waals surface area contributed by atoms with E-state index in [0.717, 1.165) is 0 Å². The van der Waals surface area contributed by atoms with Gasteiger partial charge in [0.25, 0.3) is 0 Å². The summed E-state index contributed by atoms with van der Waals surface area (Å²) in [6, 6.07) is 8.12. The Hall–Kier alpha value is -2.89.